The van der Waals surface area contributed by atoms with Gasteiger partial charge in [0.05, 0.1) is 45.2 Å². The summed E-state index contributed by atoms with van der Waals surface area (Å²) in [7, 11) is 0. The van der Waals surface area contributed by atoms with Crippen molar-refractivity contribution in [2.45, 2.75) is 0 Å². The van der Waals surface area contributed by atoms with Crippen LogP contribution < -0.4 is 0 Å². The van der Waals surface area contributed by atoms with Gasteiger partial charge in [-0.2, -0.15) is 0 Å². The molecule has 0 fully saturated rings. The van der Waals surface area contributed by atoms with Crippen LogP contribution in [0.25, 0.3) is 232 Å². The Labute approximate surface area is 706 Å². The lowest BCUT2D eigenvalue weighted by atomic mass is 9.89. The first kappa shape index (κ1) is 72.2. The first-order chi connectivity index (χ1) is 60.5. The number of fused-ring (bicyclic) bond motifs is 16. The average Bonchev–Trinajstić information content (AvgIpc) is 0.720. The Morgan fingerprint density at radius 2 is 0.336 bits per heavy atom. The highest BCUT2D eigenvalue weighted by Gasteiger charge is 2.23. The SMILES string of the molecule is c1ccc(-c2ccc(-c3cc(-c4cccc(-c5cccc(-c6nc7ccccc7c7c8ccccc8c8ccccc8c67)c5)c4)nc(-c4ccccc4)n3)cc2)cc1.c1ccc(-c2cccc(-c3cc(-c4cccc(-c5cccc(-c6nc7ccccc7c7c8ccccc8c8ccccc8c67)c5)c4)nc(-c4cccc(-c5ccccc5)c4)n3)c2)cc1. The van der Waals surface area contributed by atoms with Crippen molar-refractivity contribution in [1.29, 1.82) is 0 Å². The van der Waals surface area contributed by atoms with Crippen molar-refractivity contribution < 1.29 is 0 Å². The highest BCUT2D eigenvalue weighted by atomic mass is 14.9. The molecule has 23 rings (SSSR count). The molecule has 0 amide bonds. The van der Waals surface area contributed by atoms with E-state index >= 15 is 0 Å². The highest BCUT2D eigenvalue weighted by Crippen LogP contribution is 2.47. The van der Waals surface area contributed by atoms with E-state index in [4.69, 9.17) is 29.9 Å². The van der Waals surface area contributed by atoms with Crippen LogP contribution in [0.15, 0.2) is 449 Å². The number of nitrogens with zero attached hydrogens (tertiary/aromatic N) is 6. The Kier molecular flexibility index (Phi) is 18.5. The molecule has 0 saturated heterocycles. The molecule has 0 saturated carbocycles. The second-order valence-electron chi connectivity index (χ2n) is 31.1. The number of pyridine rings is 2. The van der Waals surface area contributed by atoms with E-state index in [1.807, 2.05) is 30.3 Å². The Balaban J connectivity index is 0.000000146. The summed E-state index contributed by atoms with van der Waals surface area (Å²) >= 11 is 0. The van der Waals surface area contributed by atoms with Gasteiger partial charge in [0.15, 0.2) is 11.6 Å². The van der Waals surface area contributed by atoms with Crippen molar-refractivity contribution in [2.75, 3.05) is 0 Å². The maximum absolute atomic E-state index is 5.44. The molecular formula is C116H74N6. The summed E-state index contributed by atoms with van der Waals surface area (Å²) < 4.78 is 0. The third kappa shape index (κ3) is 13.6. The van der Waals surface area contributed by atoms with Crippen LogP contribution in [0, 0.1) is 0 Å². The van der Waals surface area contributed by atoms with Crippen molar-refractivity contribution in [3.05, 3.63) is 449 Å². The Morgan fingerprint density at radius 1 is 0.115 bits per heavy atom. The minimum absolute atomic E-state index is 0.678. The molecule has 0 radical (unpaired) electrons. The van der Waals surface area contributed by atoms with Gasteiger partial charge in [-0.05, 0) is 159 Å². The Bertz CT molecular complexity index is 7890. The fourth-order valence-corrected chi connectivity index (χ4v) is 17.8. The zero-order chi connectivity index (χ0) is 80.8. The molecule has 122 heavy (non-hydrogen) atoms. The molecule has 0 N–H and O–H groups in total. The fourth-order valence-electron chi connectivity index (χ4n) is 17.8. The first-order valence-corrected chi connectivity index (χ1v) is 41.4. The topological polar surface area (TPSA) is 77.3 Å². The lowest BCUT2D eigenvalue weighted by Crippen LogP contribution is -1.97. The predicted molar refractivity (Wildman–Crippen MR) is 510 cm³/mol. The van der Waals surface area contributed by atoms with E-state index < -0.39 is 0 Å². The standard InChI is InChI=1S/C61H39N3.C55H35N3/c1-3-17-40(18-4-1)42-21-13-25-46(35-42)56-39-57(64-61(63-56)49-28-16-22-43(38-49)41-19-5-2-6-20-41)47-26-14-23-44(36-47)45-24-15-27-48(37-45)60-59-53-32-10-8-30-51(53)50-29-7-9-31-52(50)58(59)54-33-11-12-34-55(54)62-60;1-3-15-36(16-4-1)37-29-31-38(32-30-37)50-35-51(58-55(57-50)39-17-5-2-6-18-39)42-21-13-19-40(33-42)41-20-14-22-43(34-41)54-53-47-26-10-8-24-45(47)44-23-7-9-25-46(44)52(53)48-27-11-12-28-49(48)56-54/h1-39H;1-35H. The maximum atomic E-state index is 5.44. The average molecular weight is 1550 g/mol. The largest absolute Gasteiger partial charge is 0.247 e. The molecule has 0 atom stereocenters. The monoisotopic (exact) mass is 1550 g/mol. The van der Waals surface area contributed by atoms with Gasteiger partial charge in [-0.25, -0.2) is 29.9 Å². The molecule has 6 nitrogen and oxygen atoms in total. The van der Waals surface area contributed by atoms with Gasteiger partial charge in [0.25, 0.3) is 0 Å². The van der Waals surface area contributed by atoms with Gasteiger partial charge in [0.1, 0.15) is 0 Å². The van der Waals surface area contributed by atoms with Crippen molar-refractivity contribution in [1.82, 2.24) is 29.9 Å². The quantitative estimate of drug-likeness (QED) is 0.107. The van der Waals surface area contributed by atoms with E-state index in [9.17, 15) is 0 Å². The predicted octanol–water partition coefficient (Wildman–Crippen LogP) is 30.6. The number of para-hydroxylation sites is 2. The molecule has 568 valence electrons. The van der Waals surface area contributed by atoms with Gasteiger partial charge in [-0.15, -0.1) is 0 Å². The number of rotatable bonds is 13. The molecule has 0 aliphatic rings. The Morgan fingerprint density at radius 3 is 0.705 bits per heavy atom. The summed E-state index contributed by atoms with van der Waals surface area (Å²) in [4.78, 5) is 31.7. The highest BCUT2D eigenvalue weighted by molar-refractivity contribution is 6.35. The van der Waals surface area contributed by atoms with Crippen LogP contribution in [0.2, 0.25) is 0 Å². The second kappa shape index (κ2) is 31.3. The van der Waals surface area contributed by atoms with E-state index in [-0.39, 0.29) is 0 Å². The van der Waals surface area contributed by atoms with Crippen LogP contribution >= 0.6 is 0 Å². The summed E-state index contributed by atoms with van der Waals surface area (Å²) in [5, 5.41) is 17.0. The van der Waals surface area contributed by atoms with Gasteiger partial charge < -0.3 is 0 Å². The van der Waals surface area contributed by atoms with Crippen LogP contribution in [0.1, 0.15) is 0 Å². The minimum atomic E-state index is 0.678. The van der Waals surface area contributed by atoms with Crippen LogP contribution in [0.3, 0.4) is 0 Å². The summed E-state index contributed by atoms with van der Waals surface area (Å²) in [6.45, 7) is 0. The van der Waals surface area contributed by atoms with Crippen LogP contribution in [-0.4, -0.2) is 29.9 Å². The van der Waals surface area contributed by atoms with Crippen LogP contribution in [-0.2, 0) is 0 Å². The molecule has 0 unspecified atom stereocenters. The van der Waals surface area contributed by atoms with E-state index in [2.05, 4.69) is 419 Å². The van der Waals surface area contributed by atoms with Crippen molar-refractivity contribution in [3.8, 4) is 146 Å². The number of benzene rings is 19. The third-order valence-electron chi connectivity index (χ3n) is 23.7. The summed E-state index contributed by atoms with van der Waals surface area (Å²) in [5.41, 5.74) is 27.0. The molecule has 0 aliphatic heterocycles. The number of hydrogen-bond donors (Lipinski definition) is 0. The molecule has 0 bridgehead atoms. The van der Waals surface area contributed by atoms with E-state index in [1.54, 1.807) is 0 Å². The van der Waals surface area contributed by atoms with E-state index in [1.165, 1.54) is 81.1 Å². The van der Waals surface area contributed by atoms with Crippen molar-refractivity contribution in [2.24, 2.45) is 0 Å². The fraction of sp³-hybridized carbons (Fsp3) is 0. The normalized spacial score (nSPS) is 11.4. The van der Waals surface area contributed by atoms with Gasteiger partial charge in [0.2, 0.25) is 0 Å². The van der Waals surface area contributed by atoms with Gasteiger partial charge >= 0.3 is 0 Å². The molecule has 0 spiro atoms. The van der Waals surface area contributed by atoms with E-state index in [0.717, 1.165) is 140 Å². The van der Waals surface area contributed by atoms with Crippen LogP contribution in [0.5, 0.6) is 0 Å². The lowest BCUT2D eigenvalue weighted by Gasteiger charge is -2.16. The summed E-state index contributed by atoms with van der Waals surface area (Å²) in [5.74, 6) is 1.37. The van der Waals surface area contributed by atoms with Crippen molar-refractivity contribution >= 4 is 86.4 Å². The number of hydrogen-bond acceptors (Lipinski definition) is 6. The van der Waals surface area contributed by atoms with Gasteiger partial charge in [-0.3, -0.25) is 0 Å². The maximum Gasteiger partial charge on any atom is 0.160 e. The molecule has 0 aliphatic carbocycles. The van der Waals surface area contributed by atoms with Gasteiger partial charge in [0, 0.05) is 76.8 Å². The molecule has 23 aromatic rings. The van der Waals surface area contributed by atoms with E-state index in [0.29, 0.717) is 11.6 Å². The Hall–Kier alpha value is -16.3. The molecule has 4 heterocycles. The molecule has 4 aromatic heterocycles. The second-order valence-corrected chi connectivity index (χ2v) is 31.1. The minimum Gasteiger partial charge on any atom is -0.247 e. The summed E-state index contributed by atoms with van der Waals surface area (Å²) in [6, 6.07) is 159. The summed E-state index contributed by atoms with van der Waals surface area (Å²) in [6.07, 6.45) is 0. The molecule has 19 aromatic carbocycles. The smallest absolute Gasteiger partial charge is 0.160 e. The zero-order valence-electron chi connectivity index (χ0n) is 66.4. The first-order valence-electron chi connectivity index (χ1n) is 41.4. The zero-order valence-corrected chi connectivity index (χ0v) is 66.4. The van der Waals surface area contributed by atoms with Gasteiger partial charge in [-0.1, -0.05) is 388 Å². The van der Waals surface area contributed by atoms with Crippen molar-refractivity contribution in [3.63, 3.8) is 0 Å². The number of aromatic nitrogens is 6. The van der Waals surface area contributed by atoms with Crippen LogP contribution in [0.4, 0.5) is 0 Å². The molecule has 6 heteroatoms. The molecular weight excluding hydrogens is 1480 g/mol. The third-order valence-corrected chi connectivity index (χ3v) is 23.7. The lowest BCUT2D eigenvalue weighted by molar-refractivity contribution is 1.18.